The number of carbonyl (C=O) groups excluding carboxylic acids is 1. The highest BCUT2D eigenvalue weighted by atomic mass is 16.6. The first-order valence-electron chi connectivity index (χ1n) is 11.7. The van der Waals surface area contributed by atoms with Gasteiger partial charge in [0.25, 0.3) is 0 Å². The highest BCUT2D eigenvalue weighted by Gasteiger charge is 2.25. The van der Waals surface area contributed by atoms with Crippen molar-refractivity contribution < 1.29 is 9.53 Å². The molecule has 0 saturated heterocycles. The van der Waals surface area contributed by atoms with Gasteiger partial charge in [0.1, 0.15) is 0 Å². The van der Waals surface area contributed by atoms with Gasteiger partial charge < -0.3 is 16.2 Å². The quantitative estimate of drug-likeness (QED) is 0.434. The van der Waals surface area contributed by atoms with E-state index in [1.807, 2.05) is 31.2 Å². The highest BCUT2D eigenvalue weighted by Crippen LogP contribution is 2.40. The van der Waals surface area contributed by atoms with Crippen molar-refractivity contribution in [2.45, 2.75) is 86.0 Å². The first kappa shape index (κ1) is 25.6. The molecule has 176 valence electrons. The Hall–Kier alpha value is -2.69. The van der Waals surface area contributed by atoms with Gasteiger partial charge in [-0.25, -0.2) is 9.69 Å². The summed E-state index contributed by atoms with van der Waals surface area (Å²) in [5.74, 6) is 0.890. The Morgan fingerprint density at radius 1 is 0.719 bits per heavy atom. The summed E-state index contributed by atoms with van der Waals surface area (Å²) in [4.78, 5) is 14.9. The summed E-state index contributed by atoms with van der Waals surface area (Å²) in [5.41, 5.74) is 20.3. The van der Waals surface area contributed by atoms with Crippen molar-refractivity contribution in [3.63, 3.8) is 0 Å². The predicted molar refractivity (Wildman–Crippen MR) is 137 cm³/mol. The number of nitrogens with two attached hydrogens (primary N) is 2. The zero-order valence-electron chi connectivity index (χ0n) is 21.2. The van der Waals surface area contributed by atoms with E-state index in [4.69, 9.17) is 16.2 Å². The summed E-state index contributed by atoms with van der Waals surface area (Å²) in [6.45, 7) is 19.0. The lowest BCUT2D eigenvalue weighted by molar-refractivity contribution is 0.162. The van der Waals surface area contributed by atoms with Crippen molar-refractivity contribution in [3.8, 4) is 0 Å². The van der Waals surface area contributed by atoms with Gasteiger partial charge >= 0.3 is 6.09 Å². The predicted octanol–water partition coefficient (Wildman–Crippen LogP) is 7.64. The molecular weight excluding hydrogens is 398 g/mol. The van der Waals surface area contributed by atoms with Crippen LogP contribution in [0.5, 0.6) is 0 Å². The van der Waals surface area contributed by atoms with Crippen LogP contribution in [-0.2, 0) is 4.74 Å². The molecule has 0 aliphatic carbocycles. The normalized spacial score (nSPS) is 11.7. The zero-order valence-corrected chi connectivity index (χ0v) is 21.2. The van der Waals surface area contributed by atoms with Crippen LogP contribution < -0.4 is 16.4 Å². The Bertz CT molecular complexity index is 834. The van der Waals surface area contributed by atoms with Crippen molar-refractivity contribution in [2.75, 3.05) is 23.0 Å². The Labute approximate surface area is 194 Å². The summed E-state index contributed by atoms with van der Waals surface area (Å²) >= 11 is 0. The molecule has 1 amide bonds. The zero-order chi connectivity index (χ0) is 24.3. The van der Waals surface area contributed by atoms with E-state index in [0.29, 0.717) is 6.61 Å². The number of ether oxygens (including phenoxy) is 1. The van der Waals surface area contributed by atoms with Crippen LogP contribution in [0.25, 0.3) is 0 Å². The lowest BCUT2D eigenvalue weighted by Gasteiger charge is -2.28. The third kappa shape index (κ3) is 5.20. The molecule has 32 heavy (non-hydrogen) atoms. The summed E-state index contributed by atoms with van der Waals surface area (Å²) in [6.07, 6.45) is -0.407. The second kappa shape index (κ2) is 10.3. The second-order valence-electron chi connectivity index (χ2n) is 9.73. The molecule has 0 spiro atoms. The van der Waals surface area contributed by atoms with Crippen LogP contribution >= 0.6 is 0 Å². The molecule has 0 atom stereocenters. The smallest absolute Gasteiger partial charge is 0.418 e. The summed E-state index contributed by atoms with van der Waals surface area (Å²) < 4.78 is 5.50. The Morgan fingerprint density at radius 2 is 1.00 bits per heavy atom. The lowest BCUT2D eigenvalue weighted by atomic mass is 9.90. The molecule has 0 unspecified atom stereocenters. The molecule has 0 aliphatic heterocycles. The van der Waals surface area contributed by atoms with Crippen molar-refractivity contribution in [1.29, 1.82) is 0 Å². The van der Waals surface area contributed by atoms with Gasteiger partial charge in [0.2, 0.25) is 0 Å². The molecule has 0 saturated carbocycles. The maximum absolute atomic E-state index is 13.3. The van der Waals surface area contributed by atoms with Crippen LogP contribution in [0.4, 0.5) is 27.5 Å². The molecule has 0 heterocycles. The number of rotatable bonds is 7. The molecular formula is C27H41N3O2. The number of nitrogen functional groups attached to an aromatic ring is 2. The molecule has 0 aromatic heterocycles. The minimum Gasteiger partial charge on any atom is -0.449 e. The van der Waals surface area contributed by atoms with Crippen LogP contribution in [0.3, 0.4) is 0 Å². The van der Waals surface area contributed by atoms with E-state index in [1.165, 1.54) is 0 Å². The molecule has 0 radical (unpaired) electrons. The number of amides is 1. The topological polar surface area (TPSA) is 81.6 Å². The van der Waals surface area contributed by atoms with E-state index in [-0.39, 0.29) is 23.7 Å². The summed E-state index contributed by atoms with van der Waals surface area (Å²) in [6, 6.07) is 8.07. The molecule has 0 bridgehead atoms. The number of anilines is 4. The van der Waals surface area contributed by atoms with E-state index >= 15 is 0 Å². The number of hydrogen-bond acceptors (Lipinski definition) is 4. The molecule has 2 rings (SSSR count). The van der Waals surface area contributed by atoms with E-state index in [1.54, 1.807) is 4.90 Å². The third-order valence-electron chi connectivity index (χ3n) is 5.91. The SMILES string of the molecule is CCOC(=O)N(c1cc(C(C)C)c(N)c(C(C)C)c1)c1cc(C(C)C)c(N)c(C(C)C)c1. The summed E-state index contributed by atoms with van der Waals surface area (Å²) in [7, 11) is 0. The van der Waals surface area contributed by atoms with Crippen molar-refractivity contribution in [2.24, 2.45) is 0 Å². The Balaban J connectivity index is 2.87. The highest BCUT2D eigenvalue weighted by molar-refractivity contribution is 5.97. The number of benzene rings is 2. The molecule has 5 nitrogen and oxygen atoms in total. The molecule has 4 N–H and O–H groups in total. The van der Waals surface area contributed by atoms with Gasteiger partial charge in [-0.15, -0.1) is 0 Å². The fraction of sp³-hybridized carbons (Fsp3) is 0.519. The lowest BCUT2D eigenvalue weighted by Crippen LogP contribution is -2.28. The third-order valence-corrected chi connectivity index (χ3v) is 5.91. The first-order chi connectivity index (χ1) is 14.9. The number of carbonyl (C=O) groups is 1. The molecule has 0 fully saturated rings. The fourth-order valence-corrected chi connectivity index (χ4v) is 4.08. The fourth-order valence-electron chi connectivity index (χ4n) is 4.08. The first-order valence-corrected chi connectivity index (χ1v) is 11.7. The molecule has 0 aliphatic rings. The molecule has 2 aromatic carbocycles. The Morgan fingerprint density at radius 3 is 1.22 bits per heavy atom. The van der Waals surface area contributed by atoms with Gasteiger partial charge in [-0.3, -0.25) is 0 Å². The van der Waals surface area contributed by atoms with Gasteiger partial charge in [-0.2, -0.15) is 0 Å². The van der Waals surface area contributed by atoms with Gasteiger partial charge in [0, 0.05) is 11.4 Å². The van der Waals surface area contributed by atoms with Crippen LogP contribution in [0, 0.1) is 0 Å². The minimum absolute atomic E-state index is 0.223. The van der Waals surface area contributed by atoms with Crippen LogP contribution in [0.2, 0.25) is 0 Å². The van der Waals surface area contributed by atoms with E-state index < -0.39 is 6.09 Å². The molecule has 2 aromatic rings. The minimum atomic E-state index is -0.407. The van der Waals surface area contributed by atoms with Crippen molar-refractivity contribution >= 4 is 28.8 Å². The van der Waals surface area contributed by atoms with Crippen molar-refractivity contribution in [3.05, 3.63) is 46.5 Å². The van der Waals surface area contributed by atoms with Gasteiger partial charge in [0.15, 0.2) is 0 Å². The number of hydrogen-bond donors (Lipinski definition) is 2. The standard InChI is InChI=1S/C27H41N3O2/c1-10-32-27(31)30(19-11-21(15(2)3)25(28)22(12-19)16(4)5)20-13-23(17(6)7)26(29)24(14-20)18(8)9/h11-18H,10,28-29H2,1-9H3. The maximum atomic E-state index is 13.3. The van der Waals surface area contributed by atoms with Gasteiger partial charge in [-0.05, 0) is 77.1 Å². The summed E-state index contributed by atoms with van der Waals surface area (Å²) in [5, 5.41) is 0. The second-order valence-corrected chi connectivity index (χ2v) is 9.73. The van der Waals surface area contributed by atoms with Crippen LogP contribution in [0.1, 0.15) is 108 Å². The molecule has 5 heteroatoms. The monoisotopic (exact) mass is 439 g/mol. The van der Waals surface area contributed by atoms with E-state index in [2.05, 4.69) is 55.4 Å². The van der Waals surface area contributed by atoms with E-state index in [0.717, 1.165) is 45.0 Å². The van der Waals surface area contributed by atoms with Crippen LogP contribution in [-0.4, -0.2) is 12.7 Å². The maximum Gasteiger partial charge on any atom is 0.418 e. The van der Waals surface area contributed by atoms with Gasteiger partial charge in [0.05, 0.1) is 18.0 Å². The van der Waals surface area contributed by atoms with Gasteiger partial charge in [-0.1, -0.05) is 55.4 Å². The van der Waals surface area contributed by atoms with Crippen molar-refractivity contribution in [1.82, 2.24) is 0 Å². The Kier molecular flexibility index (Phi) is 8.22. The average molecular weight is 440 g/mol. The number of nitrogens with zero attached hydrogens (tertiary/aromatic N) is 1. The average Bonchev–Trinajstić information content (AvgIpc) is 2.69. The van der Waals surface area contributed by atoms with E-state index in [9.17, 15) is 4.79 Å². The van der Waals surface area contributed by atoms with Crippen LogP contribution in [0.15, 0.2) is 24.3 Å². The largest absolute Gasteiger partial charge is 0.449 e.